The van der Waals surface area contributed by atoms with Gasteiger partial charge >= 0.3 is 0 Å². The van der Waals surface area contributed by atoms with Gasteiger partial charge < -0.3 is 0 Å². The number of ketones is 1. The van der Waals surface area contributed by atoms with Crippen molar-refractivity contribution in [3.05, 3.63) is 24.3 Å². The molecule has 0 aliphatic heterocycles. The van der Waals surface area contributed by atoms with Crippen LogP contribution in [0.15, 0.2) is 24.3 Å². The van der Waals surface area contributed by atoms with Crippen molar-refractivity contribution in [3.63, 3.8) is 0 Å². The highest BCUT2D eigenvalue weighted by molar-refractivity contribution is 5.93. The first-order chi connectivity index (χ1) is 6.72. The van der Waals surface area contributed by atoms with E-state index in [-0.39, 0.29) is 5.78 Å². The highest BCUT2D eigenvalue weighted by Gasteiger charge is 2.02. The van der Waals surface area contributed by atoms with Crippen molar-refractivity contribution in [2.24, 2.45) is 0 Å². The normalized spacial score (nSPS) is 11.4. The van der Waals surface area contributed by atoms with Crippen LogP contribution in [0.5, 0.6) is 0 Å². The molecule has 0 N–H and O–H groups in total. The third kappa shape index (κ3) is 6.64. The van der Waals surface area contributed by atoms with E-state index in [2.05, 4.69) is 19.6 Å². The molecule has 0 fully saturated rings. The van der Waals surface area contributed by atoms with Crippen LogP contribution in [0, 0.1) is 0 Å². The monoisotopic (exact) mass is 194 g/mol. The molecule has 14 heavy (non-hydrogen) atoms. The van der Waals surface area contributed by atoms with Crippen molar-refractivity contribution in [1.29, 1.82) is 0 Å². The number of rotatable bonds is 8. The van der Waals surface area contributed by atoms with Crippen LogP contribution in [0.4, 0.5) is 0 Å². The third-order valence-corrected chi connectivity index (χ3v) is 2.26. The van der Waals surface area contributed by atoms with Gasteiger partial charge in [-0.3, -0.25) is 4.79 Å². The molecule has 1 nitrogen and oxygen atoms in total. The molecule has 0 rings (SSSR count). The van der Waals surface area contributed by atoms with Gasteiger partial charge in [-0.1, -0.05) is 31.9 Å². The zero-order chi connectivity index (χ0) is 10.8. The van der Waals surface area contributed by atoms with Crippen LogP contribution in [0.25, 0.3) is 0 Å². The summed E-state index contributed by atoms with van der Waals surface area (Å²) in [6.07, 6.45) is 10.4. The Kier molecular flexibility index (Phi) is 8.20. The Hall–Kier alpha value is -0.850. The number of hydrogen-bond acceptors (Lipinski definition) is 1. The van der Waals surface area contributed by atoms with Gasteiger partial charge in [0.25, 0.3) is 0 Å². The topological polar surface area (TPSA) is 17.1 Å². The fourth-order valence-corrected chi connectivity index (χ4v) is 1.36. The number of hydrogen-bond donors (Lipinski definition) is 0. The second kappa shape index (κ2) is 8.74. The molecule has 0 bridgehead atoms. The van der Waals surface area contributed by atoms with Crippen LogP contribution in [-0.2, 0) is 4.79 Å². The Morgan fingerprint density at radius 3 is 2.50 bits per heavy atom. The second-order valence-corrected chi connectivity index (χ2v) is 3.61. The van der Waals surface area contributed by atoms with Crippen molar-refractivity contribution < 1.29 is 4.79 Å². The van der Waals surface area contributed by atoms with E-state index < -0.39 is 0 Å². The largest absolute Gasteiger partial charge is 0.295 e. The van der Waals surface area contributed by atoms with Crippen LogP contribution in [0.2, 0.25) is 0 Å². The number of carbonyl (C=O) groups excluding carboxylic acids is 1. The van der Waals surface area contributed by atoms with E-state index >= 15 is 0 Å². The quantitative estimate of drug-likeness (QED) is 0.323. The summed E-state index contributed by atoms with van der Waals surface area (Å²) < 4.78 is 0. The van der Waals surface area contributed by atoms with Crippen molar-refractivity contribution >= 4 is 5.78 Å². The van der Waals surface area contributed by atoms with Crippen LogP contribution in [-0.4, -0.2) is 5.78 Å². The summed E-state index contributed by atoms with van der Waals surface area (Å²) in [7, 11) is 0. The van der Waals surface area contributed by atoms with Crippen LogP contribution >= 0.6 is 0 Å². The van der Waals surface area contributed by atoms with Gasteiger partial charge in [-0.15, -0.1) is 6.58 Å². The number of allylic oxidation sites excluding steroid dienone is 3. The Morgan fingerprint density at radius 1 is 1.29 bits per heavy atom. The maximum absolute atomic E-state index is 11.2. The van der Waals surface area contributed by atoms with Gasteiger partial charge in [0, 0.05) is 0 Å². The molecule has 0 aromatic rings. The van der Waals surface area contributed by atoms with Gasteiger partial charge in [-0.2, -0.15) is 0 Å². The van der Waals surface area contributed by atoms with E-state index in [4.69, 9.17) is 0 Å². The molecule has 0 aliphatic rings. The molecule has 0 heterocycles. The van der Waals surface area contributed by atoms with Gasteiger partial charge in [-0.05, 0) is 38.2 Å². The molecule has 0 atom stereocenters. The van der Waals surface area contributed by atoms with Gasteiger partial charge in [0.1, 0.15) is 0 Å². The van der Waals surface area contributed by atoms with Crippen molar-refractivity contribution in [1.82, 2.24) is 0 Å². The highest BCUT2D eigenvalue weighted by Crippen LogP contribution is 2.11. The summed E-state index contributed by atoms with van der Waals surface area (Å²) in [5, 5.41) is 0. The summed E-state index contributed by atoms with van der Waals surface area (Å²) in [5.74, 6) is 0.227. The zero-order valence-corrected chi connectivity index (χ0v) is 9.51. The molecule has 1 heteroatoms. The minimum Gasteiger partial charge on any atom is -0.295 e. The molecule has 0 amide bonds. The third-order valence-electron chi connectivity index (χ3n) is 2.26. The SMILES string of the molecule is C=CCCC=C(CCCCC)C(C)=O. The lowest BCUT2D eigenvalue weighted by atomic mass is 10.0. The summed E-state index contributed by atoms with van der Waals surface area (Å²) >= 11 is 0. The maximum Gasteiger partial charge on any atom is 0.155 e. The zero-order valence-electron chi connectivity index (χ0n) is 9.51. The Bertz CT molecular complexity index is 201. The molecule has 0 unspecified atom stereocenters. The molecule has 0 spiro atoms. The lowest BCUT2D eigenvalue weighted by Crippen LogP contribution is -1.96. The van der Waals surface area contributed by atoms with Gasteiger partial charge in [0.2, 0.25) is 0 Å². The van der Waals surface area contributed by atoms with E-state index in [1.165, 1.54) is 12.8 Å². The smallest absolute Gasteiger partial charge is 0.155 e. The maximum atomic E-state index is 11.2. The molecule has 0 saturated heterocycles. The van der Waals surface area contributed by atoms with Crippen molar-refractivity contribution in [3.8, 4) is 0 Å². The fourth-order valence-electron chi connectivity index (χ4n) is 1.36. The average molecular weight is 194 g/mol. The average Bonchev–Trinajstić information content (AvgIpc) is 2.15. The Balaban J connectivity index is 3.94. The number of carbonyl (C=O) groups is 1. The Morgan fingerprint density at radius 2 is 2.00 bits per heavy atom. The fraction of sp³-hybridized carbons (Fsp3) is 0.615. The first kappa shape index (κ1) is 13.2. The first-order valence-electron chi connectivity index (χ1n) is 5.53. The minimum atomic E-state index is 0.227. The molecule has 0 aromatic heterocycles. The van der Waals surface area contributed by atoms with Gasteiger partial charge in [0.15, 0.2) is 5.78 Å². The molecule has 0 radical (unpaired) electrons. The molecule has 0 aliphatic carbocycles. The summed E-state index contributed by atoms with van der Waals surface area (Å²) in [6, 6.07) is 0. The van der Waals surface area contributed by atoms with Crippen LogP contribution < -0.4 is 0 Å². The van der Waals surface area contributed by atoms with E-state index in [1.54, 1.807) is 6.92 Å². The van der Waals surface area contributed by atoms with E-state index in [0.29, 0.717) is 0 Å². The molecular formula is C13H22O. The predicted molar refractivity (Wildman–Crippen MR) is 62.3 cm³/mol. The standard InChI is InChI=1S/C13H22O/c1-4-6-8-10-13(12(3)14)11-9-7-5-2/h4,10H,1,5-9,11H2,2-3H3. The second-order valence-electron chi connectivity index (χ2n) is 3.61. The number of Topliss-reactive ketones (excluding diaryl/α,β-unsaturated/α-hetero) is 1. The van der Waals surface area contributed by atoms with Gasteiger partial charge in [-0.25, -0.2) is 0 Å². The minimum absolute atomic E-state index is 0.227. The summed E-state index contributed by atoms with van der Waals surface area (Å²) in [4.78, 5) is 11.2. The highest BCUT2D eigenvalue weighted by atomic mass is 16.1. The van der Waals surface area contributed by atoms with E-state index in [1.807, 2.05) is 6.08 Å². The van der Waals surface area contributed by atoms with Crippen LogP contribution in [0.3, 0.4) is 0 Å². The van der Waals surface area contributed by atoms with Gasteiger partial charge in [0.05, 0.1) is 0 Å². The first-order valence-corrected chi connectivity index (χ1v) is 5.53. The lowest BCUT2D eigenvalue weighted by molar-refractivity contribution is -0.113. The molecular weight excluding hydrogens is 172 g/mol. The molecule has 0 aromatic carbocycles. The number of unbranched alkanes of at least 4 members (excludes halogenated alkanes) is 3. The Labute approximate surface area is 87.9 Å². The lowest BCUT2D eigenvalue weighted by Gasteiger charge is -2.02. The molecule has 0 saturated carbocycles. The van der Waals surface area contributed by atoms with E-state index in [0.717, 1.165) is 31.3 Å². The van der Waals surface area contributed by atoms with Crippen LogP contribution in [0.1, 0.15) is 52.4 Å². The summed E-state index contributed by atoms with van der Waals surface area (Å²) in [5.41, 5.74) is 1.00. The van der Waals surface area contributed by atoms with Crippen molar-refractivity contribution in [2.45, 2.75) is 52.4 Å². The predicted octanol–water partition coefficient (Wildman–Crippen LogP) is 4.05. The molecule has 80 valence electrons. The van der Waals surface area contributed by atoms with Crippen molar-refractivity contribution in [2.75, 3.05) is 0 Å². The van der Waals surface area contributed by atoms with E-state index in [9.17, 15) is 4.79 Å². The summed E-state index contributed by atoms with van der Waals surface area (Å²) in [6.45, 7) is 7.50.